The first-order valence-electron chi connectivity index (χ1n) is 4.60. The van der Waals surface area contributed by atoms with Gasteiger partial charge in [0, 0.05) is 5.57 Å². The highest BCUT2D eigenvalue weighted by Crippen LogP contribution is 1.81. The monoisotopic (exact) mass is 187 g/mol. The second kappa shape index (κ2) is 9.26. The number of nitrogens with zero attached hydrogens (tertiary/aromatic N) is 1. The maximum atomic E-state index is 9.60. The highest BCUT2D eigenvalue weighted by molar-refractivity contribution is 5.84. The average molecular weight is 187 g/mol. The molecule has 3 nitrogen and oxygen atoms in total. The van der Waals surface area contributed by atoms with E-state index in [4.69, 9.17) is 5.11 Å². The maximum Gasteiger partial charge on any atom is 0.330 e. The molecule has 0 fully saturated rings. The van der Waals surface area contributed by atoms with Gasteiger partial charge in [0.1, 0.15) is 0 Å². The van der Waals surface area contributed by atoms with Gasteiger partial charge in [-0.15, -0.1) is 0 Å². The van der Waals surface area contributed by atoms with E-state index >= 15 is 0 Å². The van der Waals surface area contributed by atoms with Gasteiger partial charge in [-0.1, -0.05) is 27.4 Å². The fraction of sp³-hybridized carbons (Fsp3) is 0.700. The Labute approximate surface area is 81.1 Å². The topological polar surface area (TPSA) is 40.5 Å². The quantitative estimate of drug-likeness (QED) is 0.684. The Bertz CT molecular complexity index is 133. The van der Waals surface area contributed by atoms with E-state index in [2.05, 4.69) is 32.3 Å². The Kier molecular flexibility index (Phi) is 10.5. The fourth-order valence-electron chi connectivity index (χ4n) is 0.671. The molecule has 0 aromatic rings. The number of hydrogen-bond donors (Lipinski definition) is 1. The van der Waals surface area contributed by atoms with E-state index in [0.717, 1.165) is 0 Å². The van der Waals surface area contributed by atoms with Crippen molar-refractivity contribution < 1.29 is 9.90 Å². The van der Waals surface area contributed by atoms with E-state index in [1.807, 2.05) is 0 Å². The van der Waals surface area contributed by atoms with Crippen molar-refractivity contribution in [1.29, 1.82) is 0 Å². The lowest BCUT2D eigenvalue weighted by Crippen LogP contribution is -2.21. The zero-order chi connectivity index (χ0) is 10.9. The lowest BCUT2D eigenvalue weighted by atomic mass is 10.4. The lowest BCUT2D eigenvalue weighted by Gasteiger charge is -2.13. The number of aliphatic carboxylic acids is 1. The number of hydrogen-bond acceptors (Lipinski definition) is 2. The molecule has 0 saturated heterocycles. The molecule has 78 valence electrons. The Morgan fingerprint density at radius 2 is 1.46 bits per heavy atom. The summed E-state index contributed by atoms with van der Waals surface area (Å²) in [6.45, 7) is 14.7. The summed E-state index contributed by atoms with van der Waals surface area (Å²) < 4.78 is 0. The van der Waals surface area contributed by atoms with Crippen LogP contribution in [0.5, 0.6) is 0 Å². The smallest absolute Gasteiger partial charge is 0.330 e. The summed E-state index contributed by atoms with van der Waals surface area (Å²) in [5, 5.41) is 7.89. The van der Waals surface area contributed by atoms with Crippen molar-refractivity contribution in [3.63, 3.8) is 0 Å². The fourth-order valence-corrected chi connectivity index (χ4v) is 0.671. The Balaban J connectivity index is 0. The van der Waals surface area contributed by atoms with Crippen molar-refractivity contribution in [3.05, 3.63) is 12.2 Å². The summed E-state index contributed by atoms with van der Waals surface area (Å²) >= 11 is 0. The van der Waals surface area contributed by atoms with Crippen LogP contribution < -0.4 is 0 Å². The highest BCUT2D eigenvalue weighted by Gasteiger charge is 1.90. The SMILES string of the molecule is C=C(C)C(=O)O.CCN(CC)CC. The van der Waals surface area contributed by atoms with Crippen LogP contribution in [0, 0.1) is 0 Å². The first kappa shape index (κ1) is 14.7. The zero-order valence-corrected chi connectivity index (χ0v) is 9.13. The molecule has 0 aliphatic rings. The van der Waals surface area contributed by atoms with Gasteiger partial charge in [-0.2, -0.15) is 0 Å². The van der Waals surface area contributed by atoms with E-state index in [-0.39, 0.29) is 5.57 Å². The zero-order valence-electron chi connectivity index (χ0n) is 9.13. The van der Waals surface area contributed by atoms with Crippen LogP contribution in [0.4, 0.5) is 0 Å². The second-order valence-corrected chi connectivity index (χ2v) is 2.70. The minimum atomic E-state index is -0.935. The Hall–Kier alpha value is -0.830. The van der Waals surface area contributed by atoms with Crippen LogP contribution in [0.15, 0.2) is 12.2 Å². The predicted octanol–water partition coefficient (Wildman–Crippen LogP) is 2.00. The van der Waals surface area contributed by atoms with Crippen LogP contribution in [-0.2, 0) is 4.79 Å². The number of carbonyl (C=O) groups is 1. The standard InChI is InChI=1S/C6H15N.C4H6O2/c1-4-7(5-2)6-3;1-3(2)4(5)6/h4-6H2,1-3H3;1H2,2H3,(H,5,6). The first-order valence-corrected chi connectivity index (χ1v) is 4.60. The van der Waals surface area contributed by atoms with Gasteiger partial charge in [-0.25, -0.2) is 4.79 Å². The minimum Gasteiger partial charge on any atom is -0.478 e. The van der Waals surface area contributed by atoms with E-state index in [9.17, 15) is 4.79 Å². The van der Waals surface area contributed by atoms with Crippen LogP contribution in [0.3, 0.4) is 0 Å². The van der Waals surface area contributed by atoms with Gasteiger partial charge in [0.15, 0.2) is 0 Å². The normalized spacial score (nSPS) is 9.00. The molecule has 0 bridgehead atoms. The third-order valence-corrected chi connectivity index (χ3v) is 1.71. The van der Waals surface area contributed by atoms with Gasteiger partial charge in [-0.05, 0) is 26.6 Å². The van der Waals surface area contributed by atoms with Gasteiger partial charge in [0.05, 0.1) is 0 Å². The molecule has 3 heteroatoms. The molecular formula is C10H21NO2. The molecule has 0 rings (SSSR count). The maximum absolute atomic E-state index is 9.60. The summed E-state index contributed by atoms with van der Waals surface area (Å²) in [6, 6.07) is 0. The van der Waals surface area contributed by atoms with E-state index < -0.39 is 5.97 Å². The van der Waals surface area contributed by atoms with Crippen molar-refractivity contribution in [1.82, 2.24) is 4.90 Å². The molecule has 0 radical (unpaired) electrons. The molecule has 0 aliphatic heterocycles. The van der Waals surface area contributed by atoms with Gasteiger partial charge < -0.3 is 10.0 Å². The second-order valence-electron chi connectivity index (χ2n) is 2.70. The Morgan fingerprint density at radius 3 is 1.46 bits per heavy atom. The number of carboxylic acid groups (broad SMARTS) is 1. The highest BCUT2D eigenvalue weighted by atomic mass is 16.4. The molecule has 0 unspecified atom stereocenters. The van der Waals surface area contributed by atoms with Crippen LogP contribution in [0.1, 0.15) is 27.7 Å². The summed E-state index contributed by atoms with van der Waals surface area (Å²) in [6.07, 6.45) is 0. The molecule has 0 aliphatic carbocycles. The minimum absolute atomic E-state index is 0.176. The lowest BCUT2D eigenvalue weighted by molar-refractivity contribution is -0.132. The number of rotatable bonds is 4. The molecule has 0 spiro atoms. The molecule has 1 N–H and O–H groups in total. The molecular weight excluding hydrogens is 166 g/mol. The van der Waals surface area contributed by atoms with Crippen molar-refractivity contribution in [2.45, 2.75) is 27.7 Å². The van der Waals surface area contributed by atoms with Gasteiger partial charge in [-0.3, -0.25) is 0 Å². The van der Waals surface area contributed by atoms with Gasteiger partial charge in [0.25, 0.3) is 0 Å². The van der Waals surface area contributed by atoms with Crippen molar-refractivity contribution in [2.24, 2.45) is 0 Å². The van der Waals surface area contributed by atoms with E-state index in [1.165, 1.54) is 26.6 Å². The summed E-state index contributed by atoms with van der Waals surface area (Å²) in [4.78, 5) is 12.0. The van der Waals surface area contributed by atoms with Crippen LogP contribution in [0.25, 0.3) is 0 Å². The summed E-state index contributed by atoms with van der Waals surface area (Å²) in [7, 11) is 0. The Morgan fingerprint density at radius 1 is 1.23 bits per heavy atom. The molecule has 0 heterocycles. The molecule has 0 aromatic heterocycles. The van der Waals surface area contributed by atoms with E-state index in [1.54, 1.807) is 0 Å². The van der Waals surface area contributed by atoms with Crippen LogP contribution in [-0.4, -0.2) is 35.6 Å². The van der Waals surface area contributed by atoms with E-state index in [0.29, 0.717) is 0 Å². The number of carboxylic acids is 1. The molecule has 13 heavy (non-hydrogen) atoms. The molecule has 0 atom stereocenters. The molecule has 0 saturated carbocycles. The third-order valence-electron chi connectivity index (χ3n) is 1.71. The first-order chi connectivity index (χ1) is 5.99. The summed E-state index contributed by atoms with van der Waals surface area (Å²) in [5.41, 5.74) is 0.176. The van der Waals surface area contributed by atoms with Crippen molar-refractivity contribution in [2.75, 3.05) is 19.6 Å². The van der Waals surface area contributed by atoms with Crippen molar-refractivity contribution >= 4 is 5.97 Å². The van der Waals surface area contributed by atoms with Gasteiger partial charge >= 0.3 is 5.97 Å². The predicted molar refractivity (Wildman–Crippen MR) is 55.9 cm³/mol. The van der Waals surface area contributed by atoms with Crippen molar-refractivity contribution in [3.8, 4) is 0 Å². The van der Waals surface area contributed by atoms with Gasteiger partial charge in [0.2, 0.25) is 0 Å². The molecule has 0 amide bonds. The average Bonchev–Trinajstić information content (AvgIpc) is 2.08. The third kappa shape index (κ3) is 11.2. The van der Waals surface area contributed by atoms with Crippen LogP contribution >= 0.6 is 0 Å². The largest absolute Gasteiger partial charge is 0.478 e. The van der Waals surface area contributed by atoms with Crippen LogP contribution in [0.2, 0.25) is 0 Å². The molecule has 0 aromatic carbocycles. The summed E-state index contributed by atoms with van der Waals surface area (Å²) in [5.74, 6) is -0.935.